The Morgan fingerprint density at radius 3 is 2.71 bits per heavy atom. The molecule has 0 N–H and O–H groups in total. The van der Waals surface area contributed by atoms with E-state index in [0.29, 0.717) is 6.54 Å². The van der Waals surface area contributed by atoms with Gasteiger partial charge in [0.05, 0.1) is 17.8 Å². The summed E-state index contributed by atoms with van der Waals surface area (Å²) in [5, 5.41) is 12.8. The Bertz CT molecular complexity index is 1260. The fourth-order valence-corrected chi connectivity index (χ4v) is 3.28. The highest BCUT2D eigenvalue weighted by molar-refractivity contribution is 5.81. The molecular weight excluding hydrogens is 350 g/mol. The Kier molecular flexibility index (Phi) is 3.94. The van der Waals surface area contributed by atoms with E-state index in [-0.39, 0.29) is 0 Å². The summed E-state index contributed by atoms with van der Waals surface area (Å²) in [6, 6.07) is 21.9. The molecule has 0 fully saturated rings. The number of benzene rings is 2. The summed E-state index contributed by atoms with van der Waals surface area (Å²) < 4.78 is 7.43. The first-order valence-corrected chi connectivity index (χ1v) is 9.04. The van der Waals surface area contributed by atoms with Gasteiger partial charge in [-0.05, 0) is 36.8 Å². The van der Waals surface area contributed by atoms with Crippen molar-refractivity contribution >= 4 is 11.0 Å². The van der Waals surface area contributed by atoms with Crippen molar-refractivity contribution in [3.8, 4) is 22.6 Å². The lowest BCUT2D eigenvalue weighted by molar-refractivity contribution is 0.434. The smallest absolute Gasteiger partial charge is 0.167 e. The van der Waals surface area contributed by atoms with E-state index in [2.05, 4.69) is 33.4 Å². The summed E-state index contributed by atoms with van der Waals surface area (Å²) in [6.07, 6.45) is 1.78. The van der Waals surface area contributed by atoms with Gasteiger partial charge in [0.15, 0.2) is 5.76 Å². The molecule has 136 valence electrons. The summed E-state index contributed by atoms with van der Waals surface area (Å²) in [6.45, 7) is 2.64. The minimum Gasteiger partial charge on any atom is -0.356 e. The van der Waals surface area contributed by atoms with Gasteiger partial charge in [-0.2, -0.15) is 0 Å². The molecule has 0 atom stereocenters. The van der Waals surface area contributed by atoms with E-state index in [1.54, 1.807) is 6.20 Å². The Morgan fingerprint density at radius 2 is 1.86 bits per heavy atom. The zero-order valence-electron chi connectivity index (χ0n) is 15.3. The van der Waals surface area contributed by atoms with Gasteiger partial charge in [0.25, 0.3) is 0 Å². The van der Waals surface area contributed by atoms with Crippen LogP contribution >= 0.6 is 0 Å². The third-order valence-corrected chi connectivity index (χ3v) is 4.77. The van der Waals surface area contributed by atoms with Crippen molar-refractivity contribution in [3.63, 3.8) is 0 Å². The van der Waals surface area contributed by atoms with E-state index in [9.17, 15) is 0 Å². The molecule has 0 saturated heterocycles. The van der Waals surface area contributed by atoms with Crippen molar-refractivity contribution in [2.24, 2.45) is 0 Å². The molecule has 28 heavy (non-hydrogen) atoms. The fourth-order valence-electron chi connectivity index (χ4n) is 3.28. The second-order valence-corrected chi connectivity index (χ2v) is 6.66. The quantitative estimate of drug-likeness (QED) is 0.468. The Hall–Kier alpha value is -3.80. The van der Waals surface area contributed by atoms with Crippen molar-refractivity contribution in [1.82, 2.24) is 25.1 Å². The van der Waals surface area contributed by atoms with E-state index >= 15 is 0 Å². The van der Waals surface area contributed by atoms with Gasteiger partial charge < -0.3 is 4.52 Å². The molecule has 0 radical (unpaired) electrons. The molecule has 6 nitrogen and oxygen atoms in total. The SMILES string of the molecule is Cc1ccccc1-c1cc(-c2ccc3c(c2)nnn3Cc2ccccn2)no1. The third kappa shape index (κ3) is 2.95. The minimum absolute atomic E-state index is 0.581. The van der Waals surface area contributed by atoms with E-state index in [0.717, 1.165) is 44.9 Å². The molecule has 5 rings (SSSR count). The molecule has 6 heteroatoms. The van der Waals surface area contributed by atoms with Crippen LogP contribution < -0.4 is 0 Å². The average Bonchev–Trinajstić information content (AvgIpc) is 3.37. The second-order valence-electron chi connectivity index (χ2n) is 6.66. The van der Waals surface area contributed by atoms with Gasteiger partial charge in [0.2, 0.25) is 0 Å². The number of fused-ring (bicyclic) bond motifs is 1. The molecule has 3 heterocycles. The summed E-state index contributed by atoms with van der Waals surface area (Å²) in [5.74, 6) is 0.756. The molecule has 0 unspecified atom stereocenters. The summed E-state index contributed by atoms with van der Waals surface area (Å²) >= 11 is 0. The standard InChI is InChI=1S/C22H17N5O/c1-15-6-2-3-8-18(15)22-13-19(25-28-22)16-9-10-21-20(12-16)24-26-27(21)14-17-7-4-5-11-23-17/h2-13H,14H2,1H3. The van der Waals surface area contributed by atoms with Gasteiger partial charge in [0.1, 0.15) is 11.2 Å². The van der Waals surface area contributed by atoms with Crippen LogP contribution in [0.1, 0.15) is 11.3 Å². The monoisotopic (exact) mass is 367 g/mol. The van der Waals surface area contributed by atoms with Crippen LogP contribution in [0, 0.1) is 6.92 Å². The molecule has 0 aliphatic carbocycles. The lowest BCUT2D eigenvalue weighted by atomic mass is 10.1. The van der Waals surface area contributed by atoms with Crippen LogP contribution in [0.25, 0.3) is 33.6 Å². The molecule has 0 bridgehead atoms. The third-order valence-electron chi connectivity index (χ3n) is 4.77. The molecule has 5 aromatic rings. The van der Waals surface area contributed by atoms with Crippen LogP contribution in [0.3, 0.4) is 0 Å². The molecule has 0 aliphatic heterocycles. The maximum atomic E-state index is 5.58. The molecule has 0 spiro atoms. The number of rotatable bonds is 4. The largest absolute Gasteiger partial charge is 0.356 e. The van der Waals surface area contributed by atoms with E-state index in [1.807, 2.05) is 65.3 Å². The number of pyridine rings is 1. The Labute approximate surface area is 161 Å². The van der Waals surface area contributed by atoms with E-state index in [4.69, 9.17) is 4.52 Å². The highest BCUT2D eigenvalue weighted by atomic mass is 16.5. The first-order valence-electron chi connectivity index (χ1n) is 9.04. The van der Waals surface area contributed by atoms with E-state index in [1.165, 1.54) is 0 Å². The first-order chi connectivity index (χ1) is 13.8. The minimum atomic E-state index is 0.581. The lowest BCUT2D eigenvalue weighted by Gasteiger charge is -2.02. The van der Waals surface area contributed by atoms with Crippen molar-refractivity contribution < 1.29 is 4.52 Å². The number of hydrogen-bond donors (Lipinski definition) is 0. The van der Waals surface area contributed by atoms with Crippen LogP contribution in [0.4, 0.5) is 0 Å². The van der Waals surface area contributed by atoms with Crippen LogP contribution in [0.5, 0.6) is 0 Å². The van der Waals surface area contributed by atoms with Gasteiger partial charge in [0, 0.05) is 23.4 Å². The normalized spacial score (nSPS) is 11.2. The van der Waals surface area contributed by atoms with Gasteiger partial charge in [-0.25, -0.2) is 4.68 Å². The molecular formula is C22H17N5O. The van der Waals surface area contributed by atoms with Gasteiger partial charge in [-0.15, -0.1) is 5.10 Å². The summed E-state index contributed by atoms with van der Waals surface area (Å²) in [5.41, 5.74) is 6.63. The fraction of sp³-hybridized carbons (Fsp3) is 0.0909. The number of hydrogen-bond acceptors (Lipinski definition) is 5. The highest BCUT2D eigenvalue weighted by Crippen LogP contribution is 2.29. The van der Waals surface area contributed by atoms with Crippen molar-refractivity contribution in [2.75, 3.05) is 0 Å². The number of aryl methyl sites for hydroxylation is 1. The van der Waals surface area contributed by atoms with Crippen molar-refractivity contribution in [3.05, 3.63) is 84.2 Å². The highest BCUT2D eigenvalue weighted by Gasteiger charge is 2.13. The predicted molar refractivity (Wildman–Crippen MR) is 107 cm³/mol. The predicted octanol–water partition coefficient (Wildman–Crippen LogP) is 4.51. The van der Waals surface area contributed by atoms with Crippen molar-refractivity contribution in [1.29, 1.82) is 0 Å². The zero-order valence-corrected chi connectivity index (χ0v) is 15.3. The van der Waals surface area contributed by atoms with Crippen LogP contribution in [-0.2, 0) is 6.54 Å². The Balaban J connectivity index is 1.47. The number of aromatic nitrogens is 5. The summed E-state index contributed by atoms with van der Waals surface area (Å²) in [7, 11) is 0. The lowest BCUT2D eigenvalue weighted by Crippen LogP contribution is -2.03. The van der Waals surface area contributed by atoms with Gasteiger partial charge >= 0.3 is 0 Å². The maximum Gasteiger partial charge on any atom is 0.167 e. The van der Waals surface area contributed by atoms with Gasteiger partial charge in [-0.1, -0.05) is 46.8 Å². The average molecular weight is 367 g/mol. The topological polar surface area (TPSA) is 69.6 Å². The zero-order chi connectivity index (χ0) is 18.9. The van der Waals surface area contributed by atoms with E-state index < -0.39 is 0 Å². The Morgan fingerprint density at radius 1 is 0.964 bits per heavy atom. The maximum absolute atomic E-state index is 5.58. The van der Waals surface area contributed by atoms with Crippen molar-refractivity contribution in [2.45, 2.75) is 13.5 Å². The van der Waals surface area contributed by atoms with Gasteiger partial charge in [-0.3, -0.25) is 4.98 Å². The second kappa shape index (κ2) is 6.74. The molecule has 0 amide bonds. The van der Waals surface area contributed by atoms with Crippen LogP contribution in [-0.4, -0.2) is 25.1 Å². The molecule has 3 aromatic heterocycles. The first kappa shape index (κ1) is 16.4. The molecule has 2 aromatic carbocycles. The van der Waals surface area contributed by atoms with Crippen LogP contribution in [0.15, 0.2) is 77.4 Å². The number of nitrogens with zero attached hydrogens (tertiary/aromatic N) is 5. The van der Waals surface area contributed by atoms with Crippen LogP contribution in [0.2, 0.25) is 0 Å². The summed E-state index contributed by atoms with van der Waals surface area (Å²) in [4.78, 5) is 4.35. The molecule has 0 saturated carbocycles. The molecule has 0 aliphatic rings.